The minimum absolute atomic E-state index is 0.0996. The van der Waals surface area contributed by atoms with E-state index < -0.39 is 0 Å². The van der Waals surface area contributed by atoms with Gasteiger partial charge in [-0.25, -0.2) is 0 Å². The third kappa shape index (κ3) is 5.16. The summed E-state index contributed by atoms with van der Waals surface area (Å²) >= 11 is 0. The van der Waals surface area contributed by atoms with E-state index in [1.165, 1.54) is 32.4 Å². The van der Waals surface area contributed by atoms with Crippen LogP contribution < -0.4 is 10.2 Å². The van der Waals surface area contributed by atoms with E-state index in [4.69, 9.17) is 4.74 Å². The highest BCUT2D eigenvalue weighted by molar-refractivity contribution is 5.95. The molecule has 2 aromatic rings. The van der Waals surface area contributed by atoms with Crippen molar-refractivity contribution in [2.45, 2.75) is 65.0 Å². The van der Waals surface area contributed by atoms with Gasteiger partial charge in [0.05, 0.1) is 7.11 Å². The van der Waals surface area contributed by atoms with Gasteiger partial charge in [0.2, 0.25) is 0 Å². The highest BCUT2D eigenvalue weighted by Crippen LogP contribution is 2.23. The van der Waals surface area contributed by atoms with Gasteiger partial charge in [-0.15, -0.1) is 0 Å². The zero-order valence-electron chi connectivity index (χ0n) is 20.3. The summed E-state index contributed by atoms with van der Waals surface area (Å²) in [5, 5.41) is 0. The lowest BCUT2D eigenvalue weighted by molar-refractivity contribution is 0.0587. The predicted molar refractivity (Wildman–Crippen MR) is 131 cm³/mol. The number of aryl methyl sites for hydroxylation is 1. The fourth-order valence-electron chi connectivity index (χ4n) is 5.44. The average Bonchev–Trinajstić information content (AvgIpc) is 2.86. The summed E-state index contributed by atoms with van der Waals surface area (Å²) < 4.78 is 7.39. The standard InChI is InChI=1S/C27H37N3O3/c1-4-24-26(27(32)29-16-12-22(13-17-29)28-14-6-5-7-15-28)25(31)18-20(2)30(24)19-21-8-10-23(33-3)11-9-21/h8-11,18,22H,4-7,12-17,19H2,1-3H3. The number of carbonyl (C=O) groups excluding carboxylic acids is 1. The number of pyridine rings is 1. The molecule has 0 saturated carbocycles. The summed E-state index contributed by atoms with van der Waals surface area (Å²) in [6, 6.07) is 10.1. The lowest BCUT2D eigenvalue weighted by Gasteiger charge is -2.40. The second kappa shape index (κ2) is 10.6. The van der Waals surface area contributed by atoms with Gasteiger partial charge in [-0.05, 0) is 69.8 Å². The topological polar surface area (TPSA) is 54.8 Å². The van der Waals surface area contributed by atoms with Crippen LogP contribution in [-0.2, 0) is 13.0 Å². The first kappa shape index (κ1) is 23.6. The fraction of sp³-hybridized carbons (Fsp3) is 0.556. The summed E-state index contributed by atoms with van der Waals surface area (Å²) in [4.78, 5) is 31.1. The number of methoxy groups -OCH3 is 1. The second-order valence-electron chi connectivity index (χ2n) is 9.38. The van der Waals surface area contributed by atoms with Gasteiger partial charge in [-0.3, -0.25) is 9.59 Å². The van der Waals surface area contributed by atoms with E-state index in [2.05, 4.69) is 9.47 Å². The number of likely N-dealkylation sites (tertiary alicyclic amines) is 2. The molecule has 0 unspecified atom stereocenters. The first-order valence-corrected chi connectivity index (χ1v) is 12.4. The molecule has 2 fully saturated rings. The average molecular weight is 452 g/mol. The number of amides is 1. The third-order valence-corrected chi connectivity index (χ3v) is 7.33. The number of aromatic nitrogens is 1. The number of benzene rings is 1. The Hall–Kier alpha value is -2.60. The van der Waals surface area contributed by atoms with E-state index in [1.807, 2.05) is 43.0 Å². The summed E-state index contributed by atoms with van der Waals surface area (Å²) in [7, 11) is 1.66. The second-order valence-corrected chi connectivity index (χ2v) is 9.38. The number of carbonyl (C=O) groups is 1. The zero-order valence-corrected chi connectivity index (χ0v) is 20.3. The van der Waals surface area contributed by atoms with Gasteiger partial charge < -0.3 is 19.1 Å². The number of nitrogens with zero attached hydrogens (tertiary/aromatic N) is 3. The molecule has 0 bridgehead atoms. The molecule has 2 aliphatic heterocycles. The molecule has 3 heterocycles. The number of hydrogen-bond donors (Lipinski definition) is 0. The van der Waals surface area contributed by atoms with Gasteiger partial charge >= 0.3 is 0 Å². The molecule has 2 saturated heterocycles. The molecule has 33 heavy (non-hydrogen) atoms. The van der Waals surface area contributed by atoms with E-state index >= 15 is 0 Å². The van der Waals surface area contributed by atoms with Crippen molar-refractivity contribution in [1.29, 1.82) is 0 Å². The quantitative estimate of drug-likeness (QED) is 0.669. The summed E-state index contributed by atoms with van der Waals surface area (Å²) in [5.74, 6) is 0.715. The van der Waals surface area contributed by atoms with Crippen molar-refractivity contribution >= 4 is 5.91 Å². The Labute approximate surface area is 197 Å². The maximum atomic E-state index is 13.6. The van der Waals surface area contributed by atoms with Crippen molar-refractivity contribution in [3.05, 3.63) is 63.1 Å². The molecule has 6 nitrogen and oxygen atoms in total. The number of rotatable bonds is 6. The van der Waals surface area contributed by atoms with Gasteiger partial charge in [-0.2, -0.15) is 0 Å². The van der Waals surface area contributed by atoms with Crippen molar-refractivity contribution in [3.8, 4) is 5.75 Å². The van der Waals surface area contributed by atoms with Crippen molar-refractivity contribution < 1.29 is 9.53 Å². The molecule has 0 radical (unpaired) electrons. The predicted octanol–water partition coefficient (Wildman–Crippen LogP) is 3.87. The smallest absolute Gasteiger partial charge is 0.259 e. The Morgan fingerprint density at radius 2 is 1.70 bits per heavy atom. The van der Waals surface area contributed by atoms with Crippen molar-refractivity contribution in [2.24, 2.45) is 0 Å². The maximum Gasteiger partial charge on any atom is 0.259 e. The van der Waals surface area contributed by atoms with Crippen LogP contribution in [0.4, 0.5) is 0 Å². The van der Waals surface area contributed by atoms with Crippen LogP contribution in [-0.4, -0.2) is 59.6 Å². The zero-order chi connectivity index (χ0) is 23.4. The van der Waals surface area contributed by atoms with Crippen LogP contribution in [0.15, 0.2) is 35.1 Å². The number of ether oxygens (including phenoxy) is 1. The van der Waals surface area contributed by atoms with Gasteiger partial charge in [0.25, 0.3) is 5.91 Å². The molecule has 0 spiro atoms. The maximum absolute atomic E-state index is 13.6. The van der Waals surface area contributed by atoms with E-state index in [-0.39, 0.29) is 11.3 Å². The van der Waals surface area contributed by atoms with Crippen LogP contribution in [0, 0.1) is 6.92 Å². The Bertz CT molecular complexity index is 1010. The normalized spacial score (nSPS) is 17.8. The Balaban J connectivity index is 1.54. The Morgan fingerprint density at radius 1 is 1.03 bits per heavy atom. The van der Waals surface area contributed by atoms with Crippen LogP contribution in [0.5, 0.6) is 5.75 Å². The largest absolute Gasteiger partial charge is 0.497 e. The molecule has 1 aromatic carbocycles. The number of hydrogen-bond acceptors (Lipinski definition) is 4. The minimum Gasteiger partial charge on any atom is -0.497 e. The van der Waals surface area contributed by atoms with E-state index in [0.717, 1.165) is 48.6 Å². The van der Waals surface area contributed by atoms with Crippen LogP contribution in [0.1, 0.15) is 66.3 Å². The molecule has 1 amide bonds. The van der Waals surface area contributed by atoms with Crippen LogP contribution in [0.25, 0.3) is 0 Å². The van der Waals surface area contributed by atoms with Crippen LogP contribution >= 0.6 is 0 Å². The highest BCUT2D eigenvalue weighted by Gasteiger charge is 2.30. The van der Waals surface area contributed by atoms with Gasteiger partial charge in [0.15, 0.2) is 5.43 Å². The molecule has 0 aliphatic carbocycles. The first-order valence-electron chi connectivity index (χ1n) is 12.4. The van der Waals surface area contributed by atoms with E-state index in [9.17, 15) is 9.59 Å². The van der Waals surface area contributed by atoms with Crippen molar-refractivity contribution in [2.75, 3.05) is 33.3 Å². The summed E-state index contributed by atoms with van der Waals surface area (Å²) in [6.07, 6.45) is 6.55. The molecular weight excluding hydrogens is 414 g/mol. The number of piperidine rings is 2. The van der Waals surface area contributed by atoms with Gasteiger partial charge in [0, 0.05) is 43.1 Å². The van der Waals surface area contributed by atoms with E-state index in [0.29, 0.717) is 24.6 Å². The van der Waals surface area contributed by atoms with Gasteiger partial charge in [-0.1, -0.05) is 25.5 Å². The van der Waals surface area contributed by atoms with Crippen molar-refractivity contribution in [1.82, 2.24) is 14.4 Å². The first-order chi connectivity index (χ1) is 16.0. The molecular formula is C27H37N3O3. The molecule has 0 N–H and O–H groups in total. The molecule has 6 heteroatoms. The fourth-order valence-corrected chi connectivity index (χ4v) is 5.44. The molecule has 1 aromatic heterocycles. The summed E-state index contributed by atoms with van der Waals surface area (Å²) in [5.41, 5.74) is 3.02. The molecule has 178 valence electrons. The molecule has 0 atom stereocenters. The van der Waals surface area contributed by atoms with Crippen LogP contribution in [0.3, 0.4) is 0 Å². The lowest BCUT2D eigenvalue weighted by Crippen LogP contribution is -2.49. The van der Waals surface area contributed by atoms with Crippen molar-refractivity contribution in [3.63, 3.8) is 0 Å². The van der Waals surface area contributed by atoms with E-state index in [1.54, 1.807) is 13.2 Å². The SMILES string of the molecule is CCc1c(C(=O)N2CCC(N3CCCCC3)CC2)c(=O)cc(C)n1Cc1ccc(OC)cc1. The molecule has 2 aliphatic rings. The lowest BCUT2D eigenvalue weighted by atomic mass is 9.98. The monoisotopic (exact) mass is 451 g/mol. The Morgan fingerprint density at radius 3 is 2.30 bits per heavy atom. The summed E-state index contributed by atoms with van der Waals surface area (Å²) in [6.45, 7) is 8.43. The van der Waals surface area contributed by atoms with Crippen LogP contribution in [0.2, 0.25) is 0 Å². The Kier molecular flexibility index (Phi) is 7.53. The minimum atomic E-state index is -0.154. The highest BCUT2D eigenvalue weighted by atomic mass is 16.5. The third-order valence-electron chi connectivity index (χ3n) is 7.33. The molecule has 4 rings (SSSR count). The van der Waals surface area contributed by atoms with Gasteiger partial charge in [0.1, 0.15) is 11.3 Å².